The maximum Gasteiger partial charge on any atom is 0.191 e. The predicted octanol–water partition coefficient (Wildman–Crippen LogP) is 2.81. The fourth-order valence-corrected chi connectivity index (χ4v) is 2.62. The summed E-state index contributed by atoms with van der Waals surface area (Å²) in [5.74, 6) is 1.59. The second kappa shape index (κ2) is 18.7. The van der Waals surface area contributed by atoms with E-state index in [4.69, 9.17) is 14.2 Å². The van der Waals surface area contributed by atoms with Crippen LogP contribution in [0.5, 0.6) is 0 Å². The molecule has 1 aliphatic heterocycles. The Balaban J connectivity index is 0.00000576. The van der Waals surface area contributed by atoms with Crippen molar-refractivity contribution in [3.63, 3.8) is 0 Å². The van der Waals surface area contributed by atoms with E-state index < -0.39 is 0 Å². The van der Waals surface area contributed by atoms with Crippen LogP contribution in [0.25, 0.3) is 0 Å². The van der Waals surface area contributed by atoms with Crippen molar-refractivity contribution >= 4 is 29.9 Å². The van der Waals surface area contributed by atoms with Gasteiger partial charge >= 0.3 is 0 Å². The molecule has 0 radical (unpaired) electrons. The van der Waals surface area contributed by atoms with E-state index in [9.17, 15) is 0 Å². The molecular formula is C18H38IN3O3. The number of rotatable bonds is 13. The standard InChI is InChI=1S/C18H37N3O3.HI/c1-3-19-18(20-10-5-4-6-12-22-2)21-11-7-13-24-16-17-8-14-23-15-9-17;/h17H,3-16H2,1-2H3,(H2,19,20,21);1H. The van der Waals surface area contributed by atoms with E-state index in [1.54, 1.807) is 7.11 Å². The summed E-state index contributed by atoms with van der Waals surface area (Å²) in [5, 5.41) is 6.67. The number of methoxy groups -OCH3 is 1. The maximum atomic E-state index is 5.77. The van der Waals surface area contributed by atoms with Crippen LogP contribution in [-0.2, 0) is 14.2 Å². The SMILES string of the molecule is CCNC(=NCCCOCC1CCOCC1)NCCCCCOC.I. The van der Waals surface area contributed by atoms with E-state index in [2.05, 4.69) is 22.5 Å². The average Bonchev–Trinajstić information content (AvgIpc) is 2.61. The van der Waals surface area contributed by atoms with E-state index in [-0.39, 0.29) is 24.0 Å². The minimum absolute atomic E-state index is 0. The summed E-state index contributed by atoms with van der Waals surface area (Å²) in [7, 11) is 1.75. The lowest BCUT2D eigenvalue weighted by molar-refractivity contribution is 0.0205. The van der Waals surface area contributed by atoms with E-state index in [0.717, 1.165) is 90.7 Å². The van der Waals surface area contributed by atoms with Crippen molar-refractivity contribution in [1.29, 1.82) is 0 Å². The Labute approximate surface area is 170 Å². The van der Waals surface area contributed by atoms with Crippen LogP contribution in [0, 0.1) is 5.92 Å². The van der Waals surface area contributed by atoms with Gasteiger partial charge in [-0.25, -0.2) is 0 Å². The number of nitrogens with one attached hydrogen (secondary N) is 2. The molecule has 1 aliphatic rings. The Hall–Kier alpha value is -0.120. The number of guanidine groups is 1. The first-order valence-corrected chi connectivity index (χ1v) is 9.53. The van der Waals surface area contributed by atoms with E-state index in [0.29, 0.717) is 5.92 Å². The quantitative estimate of drug-likeness (QED) is 0.187. The average molecular weight is 471 g/mol. The first kappa shape index (κ1) is 24.9. The van der Waals surface area contributed by atoms with Crippen LogP contribution < -0.4 is 10.6 Å². The second-order valence-corrected chi connectivity index (χ2v) is 6.23. The van der Waals surface area contributed by atoms with Gasteiger partial charge in [0.2, 0.25) is 0 Å². The summed E-state index contributed by atoms with van der Waals surface area (Å²) in [5.41, 5.74) is 0. The molecule has 7 heteroatoms. The highest BCUT2D eigenvalue weighted by atomic mass is 127. The van der Waals surface area contributed by atoms with Crippen LogP contribution in [0.4, 0.5) is 0 Å². The molecule has 0 atom stereocenters. The lowest BCUT2D eigenvalue weighted by atomic mass is 10.0. The van der Waals surface area contributed by atoms with Gasteiger partial charge in [0.05, 0.1) is 0 Å². The fraction of sp³-hybridized carbons (Fsp3) is 0.944. The number of hydrogen-bond acceptors (Lipinski definition) is 4. The summed E-state index contributed by atoms with van der Waals surface area (Å²) in [4.78, 5) is 4.60. The Bertz CT molecular complexity index is 314. The van der Waals surface area contributed by atoms with Gasteiger partial charge in [-0.15, -0.1) is 24.0 Å². The predicted molar refractivity (Wildman–Crippen MR) is 114 cm³/mol. The monoisotopic (exact) mass is 471 g/mol. The van der Waals surface area contributed by atoms with Crippen LogP contribution in [0.1, 0.15) is 45.4 Å². The van der Waals surface area contributed by atoms with E-state index in [1.165, 1.54) is 6.42 Å². The number of hydrogen-bond donors (Lipinski definition) is 2. The first-order chi connectivity index (χ1) is 11.9. The Kier molecular flexibility index (Phi) is 18.6. The molecule has 0 aromatic rings. The molecule has 0 aliphatic carbocycles. The number of ether oxygens (including phenoxy) is 3. The van der Waals surface area contributed by atoms with Gasteiger partial charge in [0.15, 0.2) is 5.96 Å². The van der Waals surface area contributed by atoms with Gasteiger partial charge in [-0.05, 0) is 51.4 Å². The summed E-state index contributed by atoms with van der Waals surface area (Å²) < 4.78 is 16.2. The first-order valence-electron chi connectivity index (χ1n) is 9.53. The molecule has 0 aromatic heterocycles. The van der Waals surface area contributed by atoms with E-state index in [1.807, 2.05) is 0 Å². The molecule has 0 aromatic carbocycles. The molecule has 1 heterocycles. The summed E-state index contributed by atoms with van der Waals surface area (Å²) >= 11 is 0. The number of aliphatic imine (C=N–C) groups is 1. The third-order valence-corrected chi connectivity index (χ3v) is 4.07. The molecular weight excluding hydrogens is 433 g/mol. The van der Waals surface area contributed by atoms with Gasteiger partial charge < -0.3 is 24.8 Å². The van der Waals surface area contributed by atoms with Gasteiger partial charge in [0.25, 0.3) is 0 Å². The van der Waals surface area contributed by atoms with Crippen molar-refractivity contribution in [2.75, 3.05) is 59.8 Å². The lowest BCUT2D eigenvalue weighted by Gasteiger charge is -2.21. The lowest BCUT2D eigenvalue weighted by Crippen LogP contribution is -2.37. The van der Waals surface area contributed by atoms with Crippen LogP contribution >= 0.6 is 24.0 Å². The highest BCUT2D eigenvalue weighted by molar-refractivity contribution is 14.0. The van der Waals surface area contributed by atoms with Crippen molar-refractivity contribution in [1.82, 2.24) is 10.6 Å². The molecule has 0 spiro atoms. The highest BCUT2D eigenvalue weighted by Gasteiger charge is 2.13. The van der Waals surface area contributed by atoms with Crippen LogP contribution in [0.2, 0.25) is 0 Å². The summed E-state index contributed by atoms with van der Waals surface area (Å²) in [6, 6.07) is 0. The molecule has 1 rings (SSSR count). The van der Waals surface area contributed by atoms with Gasteiger partial charge in [-0.2, -0.15) is 0 Å². The van der Waals surface area contributed by atoms with Gasteiger partial charge in [-0.3, -0.25) is 4.99 Å². The summed E-state index contributed by atoms with van der Waals surface area (Å²) in [6.45, 7) is 9.01. The number of nitrogens with zero attached hydrogens (tertiary/aromatic N) is 1. The molecule has 6 nitrogen and oxygen atoms in total. The van der Waals surface area contributed by atoms with Crippen molar-refractivity contribution in [2.45, 2.75) is 45.4 Å². The van der Waals surface area contributed by atoms with Crippen molar-refractivity contribution < 1.29 is 14.2 Å². The maximum absolute atomic E-state index is 5.77. The Morgan fingerprint density at radius 1 is 1.08 bits per heavy atom. The zero-order valence-electron chi connectivity index (χ0n) is 16.1. The number of halogens is 1. The smallest absolute Gasteiger partial charge is 0.191 e. The molecule has 2 N–H and O–H groups in total. The molecule has 0 amide bonds. The fourth-order valence-electron chi connectivity index (χ4n) is 2.62. The Morgan fingerprint density at radius 3 is 2.60 bits per heavy atom. The molecule has 25 heavy (non-hydrogen) atoms. The normalized spacial score (nSPS) is 15.7. The molecule has 1 saturated heterocycles. The zero-order chi connectivity index (χ0) is 17.3. The molecule has 0 saturated carbocycles. The van der Waals surface area contributed by atoms with Gasteiger partial charge in [0.1, 0.15) is 0 Å². The minimum Gasteiger partial charge on any atom is -0.385 e. The van der Waals surface area contributed by atoms with Crippen molar-refractivity contribution in [3.05, 3.63) is 0 Å². The molecule has 0 bridgehead atoms. The van der Waals surface area contributed by atoms with E-state index >= 15 is 0 Å². The van der Waals surface area contributed by atoms with Crippen LogP contribution in [0.15, 0.2) is 4.99 Å². The zero-order valence-corrected chi connectivity index (χ0v) is 18.4. The summed E-state index contributed by atoms with van der Waals surface area (Å²) in [6.07, 6.45) is 6.68. The van der Waals surface area contributed by atoms with Crippen molar-refractivity contribution in [2.24, 2.45) is 10.9 Å². The number of unbranched alkanes of at least 4 members (excludes halogenated alkanes) is 2. The van der Waals surface area contributed by atoms with Gasteiger partial charge in [0, 0.05) is 59.8 Å². The Morgan fingerprint density at radius 2 is 1.88 bits per heavy atom. The van der Waals surface area contributed by atoms with Crippen LogP contribution in [0.3, 0.4) is 0 Å². The van der Waals surface area contributed by atoms with Crippen molar-refractivity contribution in [3.8, 4) is 0 Å². The molecule has 150 valence electrons. The third kappa shape index (κ3) is 14.7. The van der Waals surface area contributed by atoms with Crippen LogP contribution in [-0.4, -0.2) is 65.7 Å². The topological polar surface area (TPSA) is 64.1 Å². The highest BCUT2D eigenvalue weighted by Crippen LogP contribution is 2.14. The largest absolute Gasteiger partial charge is 0.385 e. The third-order valence-electron chi connectivity index (χ3n) is 4.07. The molecule has 0 unspecified atom stereocenters. The molecule has 1 fully saturated rings. The van der Waals surface area contributed by atoms with Gasteiger partial charge in [-0.1, -0.05) is 0 Å². The minimum atomic E-state index is 0. The second-order valence-electron chi connectivity index (χ2n) is 6.23.